The zero-order valence-corrected chi connectivity index (χ0v) is 34.4. The number of para-hydroxylation sites is 3. The Morgan fingerprint density at radius 2 is 1.63 bits per heavy atom. The van der Waals surface area contributed by atoms with Gasteiger partial charge in [-0.2, -0.15) is 0 Å². The lowest BCUT2D eigenvalue weighted by Crippen LogP contribution is -2.48. The van der Waals surface area contributed by atoms with Gasteiger partial charge in [0.15, 0.2) is 11.4 Å². The normalized spacial score (nSPS) is 23.3. The molecule has 1 fully saturated rings. The second-order valence-corrected chi connectivity index (χ2v) is 20.3. The zero-order chi connectivity index (χ0) is 41.2. The van der Waals surface area contributed by atoms with Gasteiger partial charge in [0.05, 0.1) is 55.8 Å². The van der Waals surface area contributed by atoms with Crippen LogP contribution in [-0.2, 0) is 39.4 Å². The van der Waals surface area contributed by atoms with Gasteiger partial charge in [-0.25, -0.2) is 0 Å². The molecule has 0 unspecified atom stereocenters. The Kier molecular flexibility index (Phi) is 9.69. The minimum absolute atomic E-state index is 0.122. The van der Waals surface area contributed by atoms with Crippen molar-refractivity contribution in [1.82, 2.24) is 4.90 Å². The maximum atomic E-state index is 16.7. The Balaban J connectivity index is 1.06. The third-order valence-electron chi connectivity index (χ3n) is 12.6. The van der Waals surface area contributed by atoms with Crippen LogP contribution in [0.5, 0.6) is 17.2 Å². The van der Waals surface area contributed by atoms with Crippen molar-refractivity contribution in [1.29, 1.82) is 0 Å². The number of carbonyl (C=O) groups is 3. The molecule has 12 heteroatoms. The van der Waals surface area contributed by atoms with E-state index in [1.165, 1.54) is 0 Å². The molecule has 4 aliphatic rings. The third-order valence-corrected chi connectivity index (χ3v) is 15.0. The highest BCUT2D eigenvalue weighted by molar-refractivity contribution is 6.72. The second-order valence-electron chi connectivity index (χ2n) is 16.5. The monoisotopic (exact) mass is 811 g/mol. The van der Waals surface area contributed by atoms with Crippen LogP contribution in [0.15, 0.2) is 115 Å². The number of aliphatic hydroxyl groups excluding tert-OH is 1. The summed E-state index contributed by atoms with van der Waals surface area (Å²) in [5, 5.41) is 10.4. The summed E-state index contributed by atoms with van der Waals surface area (Å²) in [4.78, 5) is 48.8. The van der Waals surface area contributed by atoms with E-state index in [-0.39, 0.29) is 37.3 Å². The number of methoxy groups -OCH3 is 1. The molecule has 9 rings (SSSR count). The predicted molar refractivity (Wildman–Crippen MR) is 224 cm³/mol. The number of hydrogen-bond donors (Lipinski definition) is 1. The summed E-state index contributed by atoms with van der Waals surface area (Å²) >= 11 is 0. The lowest BCUT2D eigenvalue weighted by molar-refractivity contribution is -0.151. The van der Waals surface area contributed by atoms with E-state index in [1.807, 2.05) is 91.9 Å². The van der Waals surface area contributed by atoms with Crippen molar-refractivity contribution < 1.29 is 37.8 Å². The number of aliphatic hydroxyl groups is 1. The highest BCUT2D eigenvalue weighted by Crippen LogP contribution is 2.61. The third kappa shape index (κ3) is 6.41. The van der Waals surface area contributed by atoms with Gasteiger partial charge in [-0.1, -0.05) is 67.6 Å². The van der Waals surface area contributed by atoms with E-state index < -0.39 is 37.6 Å². The molecule has 302 valence electrons. The largest absolute Gasteiger partial charge is 0.497 e. The number of anilines is 3. The van der Waals surface area contributed by atoms with Crippen molar-refractivity contribution in [3.05, 3.63) is 143 Å². The number of ether oxygens (including phenoxy) is 3. The lowest BCUT2D eigenvalue weighted by Gasteiger charge is -2.37. The van der Waals surface area contributed by atoms with Gasteiger partial charge in [0.2, 0.25) is 14.3 Å². The number of amides is 3. The predicted octanol–water partition coefficient (Wildman–Crippen LogP) is 8.44. The van der Waals surface area contributed by atoms with Gasteiger partial charge in [-0.15, -0.1) is 0 Å². The molecule has 1 spiro atoms. The Morgan fingerprint density at radius 1 is 0.898 bits per heavy atom. The smallest absolute Gasteiger partial charge is 0.266 e. The van der Waals surface area contributed by atoms with Crippen molar-refractivity contribution in [2.45, 2.75) is 69.2 Å². The first-order valence-corrected chi connectivity index (χ1v) is 23.0. The van der Waals surface area contributed by atoms with Crippen molar-refractivity contribution in [3.8, 4) is 17.2 Å². The van der Waals surface area contributed by atoms with Crippen molar-refractivity contribution >= 4 is 43.2 Å². The molecular weight excluding hydrogens is 766 g/mol. The molecule has 3 amide bonds. The standard InChI is InChI=1S/C47H46FN3O7Si/c1-29-44(59(3,4)48)42(25-43(53)49-27-32-14-6-5-13-31(32)23-34(49)28-52)58-47(29)37-24-35(56-2)20-21-38(37)50(46(47)55)26-30-12-11-15-33(22-30)51-39-17-8-10-19-41(39)57-40-18-9-7-16-36(40)45(51)54/h5-22,24,29,34,42,44,52H,23,25-28H2,1-4H3/t29-,34+,42+,44-,47+/m1/s1. The Hall–Kier alpha value is -5.82. The number of hydrogen-bond acceptors (Lipinski definition) is 7. The average molecular weight is 812 g/mol. The molecule has 0 saturated carbocycles. The van der Waals surface area contributed by atoms with Gasteiger partial charge >= 0.3 is 0 Å². The van der Waals surface area contributed by atoms with Crippen LogP contribution in [-0.4, -0.2) is 62.0 Å². The summed E-state index contributed by atoms with van der Waals surface area (Å²) in [6, 6.07) is 34.9. The number of fused-ring (bicyclic) bond motifs is 5. The van der Waals surface area contributed by atoms with E-state index in [9.17, 15) is 14.7 Å². The first kappa shape index (κ1) is 38.7. The summed E-state index contributed by atoms with van der Waals surface area (Å²) in [5.41, 5.74) is 3.29. The van der Waals surface area contributed by atoms with Crippen LogP contribution in [0, 0.1) is 5.92 Å². The van der Waals surface area contributed by atoms with Crippen LogP contribution in [0.25, 0.3) is 0 Å². The number of nitrogens with zero attached hydrogens (tertiary/aromatic N) is 3. The number of carbonyl (C=O) groups excluding carboxylic acids is 3. The SMILES string of the molecule is COc1ccc2c(c1)[C@]1(O[C@@H](CC(=O)N3Cc4ccccc4C[C@H]3CO)[C@H]([Si](C)(C)F)[C@H]1C)C(=O)N2Cc1cccc(N2C(=O)c3ccccc3Oc3ccccc32)c1. The highest BCUT2D eigenvalue weighted by atomic mass is 28.4. The fourth-order valence-electron chi connectivity index (χ4n) is 9.88. The first-order valence-electron chi connectivity index (χ1n) is 20.1. The molecule has 0 radical (unpaired) electrons. The lowest BCUT2D eigenvalue weighted by atomic mass is 9.82. The summed E-state index contributed by atoms with van der Waals surface area (Å²) < 4.78 is 35.6. The molecule has 0 aromatic heterocycles. The topological polar surface area (TPSA) is 109 Å². The molecule has 5 atom stereocenters. The fourth-order valence-corrected chi connectivity index (χ4v) is 12.4. The zero-order valence-electron chi connectivity index (χ0n) is 33.4. The summed E-state index contributed by atoms with van der Waals surface area (Å²) in [5.74, 6) is 0.0109. The molecule has 1 saturated heterocycles. The number of halogens is 1. The second kappa shape index (κ2) is 14.8. The molecule has 4 aliphatic heterocycles. The van der Waals surface area contributed by atoms with Crippen LogP contribution in [0.4, 0.5) is 21.2 Å². The van der Waals surface area contributed by atoms with Gasteiger partial charge in [-0.3, -0.25) is 19.3 Å². The molecule has 4 heterocycles. The first-order chi connectivity index (χ1) is 28.4. The van der Waals surface area contributed by atoms with Crippen LogP contribution < -0.4 is 19.3 Å². The van der Waals surface area contributed by atoms with E-state index in [2.05, 4.69) is 0 Å². The molecule has 1 N–H and O–H groups in total. The summed E-state index contributed by atoms with van der Waals surface area (Å²) in [6.45, 7) is 5.33. The average Bonchev–Trinajstić information content (AvgIpc) is 3.60. The number of rotatable bonds is 8. The van der Waals surface area contributed by atoms with E-state index in [4.69, 9.17) is 14.2 Å². The van der Waals surface area contributed by atoms with Crippen molar-refractivity contribution in [3.63, 3.8) is 0 Å². The highest BCUT2D eigenvalue weighted by Gasteiger charge is 2.67. The van der Waals surface area contributed by atoms with E-state index in [0.29, 0.717) is 58.4 Å². The molecule has 0 bridgehead atoms. The Labute approximate surface area is 343 Å². The molecule has 5 aromatic rings. The van der Waals surface area contributed by atoms with Gasteiger partial charge in [-0.05, 0) is 90.8 Å². The molecular formula is C47H46FN3O7Si. The molecule has 0 aliphatic carbocycles. The molecule has 5 aromatic carbocycles. The number of benzene rings is 5. The molecule has 10 nitrogen and oxygen atoms in total. The summed E-state index contributed by atoms with van der Waals surface area (Å²) in [7, 11) is -2.05. The summed E-state index contributed by atoms with van der Waals surface area (Å²) in [6.07, 6.45) is -0.521. The van der Waals surface area contributed by atoms with E-state index >= 15 is 8.90 Å². The maximum absolute atomic E-state index is 16.7. The van der Waals surface area contributed by atoms with Crippen LogP contribution in [0.1, 0.15) is 46.0 Å². The van der Waals surface area contributed by atoms with Crippen molar-refractivity contribution in [2.24, 2.45) is 5.92 Å². The van der Waals surface area contributed by atoms with Gasteiger partial charge in [0, 0.05) is 29.3 Å². The minimum Gasteiger partial charge on any atom is -0.497 e. The maximum Gasteiger partial charge on any atom is 0.266 e. The van der Waals surface area contributed by atoms with Crippen molar-refractivity contribution in [2.75, 3.05) is 23.5 Å². The molecule has 59 heavy (non-hydrogen) atoms. The van der Waals surface area contributed by atoms with Gasteiger partial charge in [0.1, 0.15) is 11.5 Å². The fraction of sp³-hybridized carbons (Fsp3) is 0.298. The van der Waals surface area contributed by atoms with Crippen LogP contribution in [0.3, 0.4) is 0 Å². The van der Waals surface area contributed by atoms with E-state index in [0.717, 1.165) is 16.7 Å². The van der Waals surface area contributed by atoms with Crippen LogP contribution in [0.2, 0.25) is 18.6 Å². The van der Waals surface area contributed by atoms with Gasteiger partial charge in [0.25, 0.3) is 11.8 Å². The van der Waals surface area contributed by atoms with Gasteiger partial charge < -0.3 is 33.2 Å². The van der Waals surface area contributed by atoms with E-state index in [1.54, 1.807) is 65.2 Å². The Morgan fingerprint density at radius 3 is 2.39 bits per heavy atom. The van der Waals surface area contributed by atoms with Crippen LogP contribution >= 0.6 is 0 Å². The minimum atomic E-state index is -3.60. The Bertz CT molecular complexity index is 2490. The quantitative estimate of drug-likeness (QED) is 0.124.